The summed E-state index contributed by atoms with van der Waals surface area (Å²) in [6.45, 7) is 1.77. The molecule has 13 heavy (non-hydrogen) atoms. The maximum Gasteiger partial charge on any atom is 0.200 e. The number of aliphatic imine (C=N–C) groups is 1. The first-order chi connectivity index (χ1) is 6.29. The first kappa shape index (κ1) is 8.04. The lowest BCUT2D eigenvalue weighted by atomic mass is 10.4. The number of oxazole rings is 1. The molecule has 0 aliphatic heterocycles. The molecule has 0 aliphatic carbocycles. The van der Waals surface area contributed by atoms with Gasteiger partial charge in [-0.25, -0.2) is 4.98 Å². The molecule has 0 saturated carbocycles. The standard InChI is InChI=1S/C8H5N3OS/c1-5-10-8-6(12-5)2-3-7(11-8)9-4-13/h2-3H,1H3. The normalized spacial score (nSPS) is 9.92. The van der Waals surface area contributed by atoms with Crippen LogP contribution in [0.4, 0.5) is 5.82 Å². The summed E-state index contributed by atoms with van der Waals surface area (Å²) in [5, 5.41) is 2.24. The predicted molar refractivity (Wildman–Crippen MR) is 51.2 cm³/mol. The van der Waals surface area contributed by atoms with Crippen LogP contribution in [0.2, 0.25) is 0 Å². The highest BCUT2D eigenvalue weighted by atomic mass is 32.1. The third-order valence-corrected chi connectivity index (χ3v) is 1.60. The average molecular weight is 191 g/mol. The Morgan fingerprint density at radius 2 is 2.31 bits per heavy atom. The van der Waals surface area contributed by atoms with E-state index in [4.69, 9.17) is 4.42 Å². The van der Waals surface area contributed by atoms with E-state index in [2.05, 4.69) is 32.3 Å². The van der Waals surface area contributed by atoms with Gasteiger partial charge in [0, 0.05) is 6.92 Å². The number of pyridine rings is 1. The van der Waals surface area contributed by atoms with Crippen LogP contribution in [0.25, 0.3) is 11.2 Å². The van der Waals surface area contributed by atoms with Crippen LogP contribution in [0.15, 0.2) is 21.5 Å². The molecule has 0 saturated heterocycles. The summed E-state index contributed by atoms with van der Waals surface area (Å²) in [4.78, 5) is 11.9. The van der Waals surface area contributed by atoms with E-state index in [1.165, 1.54) is 0 Å². The van der Waals surface area contributed by atoms with Crippen molar-refractivity contribution in [2.24, 2.45) is 4.99 Å². The summed E-state index contributed by atoms with van der Waals surface area (Å²) in [5.41, 5.74) is 1.20. The average Bonchev–Trinajstić information content (AvgIpc) is 2.44. The minimum absolute atomic E-state index is 0.496. The summed E-state index contributed by atoms with van der Waals surface area (Å²) in [6, 6.07) is 3.46. The third kappa shape index (κ3) is 1.47. The number of aromatic nitrogens is 2. The summed E-state index contributed by atoms with van der Waals surface area (Å²) in [7, 11) is 0. The molecule has 2 aromatic rings. The lowest BCUT2D eigenvalue weighted by Crippen LogP contribution is -1.76. The van der Waals surface area contributed by atoms with Gasteiger partial charge in [0.05, 0.1) is 5.16 Å². The van der Waals surface area contributed by atoms with Crippen molar-refractivity contribution in [2.45, 2.75) is 6.92 Å². The van der Waals surface area contributed by atoms with Gasteiger partial charge in [-0.1, -0.05) is 0 Å². The van der Waals surface area contributed by atoms with Gasteiger partial charge in [0.2, 0.25) is 5.65 Å². The molecule has 0 spiro atoms. The fourth-order valence-corrected chi connectivity index (χ4v) is 1.12. The van der Waals surface area contributed by atoms with E-state index in [-0.39, 0.29) is 0 Å². The van der Waals surface area contributed by atoms with Gasteiger partial charge in [-0.05, 0) is 24.4 Å². The first-order valence-electron chi connectivity index (χ1n) is 3.61. The van der Waals surface area contributed by atoms with Crippen LogP contribution in [-0.2, 0) is 0 Å². The van der Waals surface area contributed by atoms with Gasteiger partial charge in [-0.15, -0.1) is 0 Å². The Kier molecular flexibility index (Phi) is 1.88. The SMILES string of the molecule is Cc1nc2nc(N=C=S)ccc2o1. The quantitative estimate of drug-likeness (QED) is 0.512. The molecule has 2 aromatic heterocycles. The largest absolute Gasteiger partial charge is 0.439 e. The Labute approximate surface area is 79.3 Å². The van der Waals surface area contributed by atoms with Crippen LogP contribution >= 0.6 is 12.2 Å². The highest BCUT2D eigenvalue weighted by Crippen LogP contribution is 2.16. The number of isothiocyanates is 1. The lowest BCUT2D eigenvalue weighted by Gasteiger charge is -1.87. The van der Waals surface area contributed by atoms with Gasteiger partial charge < -0.3 is 4.42 Å². The number of fused-ring (bicyclic) bond motifs is 1. The van der Waals surface area contributed by atoms with Crippen LogP contribution < -0.4 is 0 Å². The molecule has 0 atom stereocenters. The Hall–Kier alpha value is -1.58. The first-order valence-corrected chi connectivity index (χ1v) is 4.02. The number of aryl methyl sites for hydroxylation is 1. The Morgan fingerprint density at radius 1 is 1.46 bits per heavy atom. The van der Waals surface area contributed by atoms with Crippen molar-refractivity contribution in [3.63, 3.8) is 0 Å². The Morgan fingerprint density at radius 3 is 3.08 bits per heavy atom. The van der Waals surface area contributed by atoms with Crippen molar-refractivity contribution in [1.29, 1.82) is 0 Å². The van der Waals surface area contributed by atoms with E-state index < -0.39 is 0 Å². The van der Waals surface area contributed by atoms with Crippen molar-refractivity contribution in [3.8, 4) is 0 Å². The summed E-state index contributed by atoms with van der Waals surface area (Å²) in [5.74, 6) is 1.08. The number of nitrogens with zero attached hydrogens (tertiary/aromatic N) is 3. The van der Waals surface area contributed by atoms with Gasteiger partial charge in [0.15, 0.2) is 17.3 Å². The van der Waals surface area contributed by atoms with Crippen LogP contribution in [-0.4, -0.2) is 15.1 Å². The van der Waals surface area contributed by atoms with Gasteiger partial charge in [-0.3, -0.25) is 0 Å². The van der Waals surface area contributed by atoms with E-state index in [1.807, 2.05) is 0 Å². The molecule has 0 aliphatic rings. The fourth-order valence-electron chi connectivity index (χ4n) is 1.03. The third-order valence-electron chi connectivity index (χ3n) is 1.51. The fraction of sp³-hybridized carbons (Fsp3) is 0.125. The van der Waals surface area contributed by atoms with Crippen LogP contribution in [0.5, 0.6) is 0 Å². The molecule has 0 bridgehead atoms. The van der Waals surface area contributed by atoms with Crippen LogP contribution in [0.1, 0.15) is 5.89 Å². The molecule has 4 nitrogen and oxygen atoms in total. The molecule has 0 fully saturated rings. The van der Waals surface area contributed by atoms with Crippen molar-refractivity contribution in [3.05, 3.63) is 18.0 Å². The molecule has 0 unspecified atom stereocenters. The molecule has 5 heteroatoms. The molecule has 0 N–H and O–H groups in total. The Bertz CT molecular complexity index is 499. The topological polar surface area (TPSA) is 51.3 Å². The summed E-state index contributed by atoms with van der Waals surface area (Å²) < 4.78 is 5.24. The van der Waals surface area contributed by atoms with Gasteiger partial charge in [0.1, 0.15) is 0 Å². The van der Waals surface area contributed by atoms with Crippen LogP contribution in [0, 0.1) is 6.92 Å². The van der Waals surface area contributed by atoms with E-state index >= 15 is 0 Å². The molecule has 64 valence electrons. The van der Waals surface area contributed by atoms with Crippen molar-refractivity contribution < 1.29 is 4.42 Å². The zero-order chi connectivity index (χ0) is 9.26. The molecular weight excluding hydrogens is 186 g/mol. The second-order valence-corrected chi connectivity index (χ2v) is 2.61. The molecule has 0 amide bonds. The van der Waals surface area contributed by atoms with Crippen molar-refractivity contribution in [1.82, 2.24) is 9.97 Å². The van der Waals surface area contributed by atoms with Crippen molar-refractivity contribution in [2.75, 3.05) is 0 Å². The van der Waals surface area contributed by atoms with E-state index in [0.29, 0.717) is 22.9 Å². The zero-order valence-electron chi connectivity index (χ0n) is 6.81. The number of hydrogen-bond donors (Lipinski definition) is 0. The molecular formula is C8H5N3OS. The predicted octanol–water partition coefficient (Wildman–Crippen LogP) is 2.27. The number of thiocarbonyl (C=S) groups is 1. The van der Waals surface area contributed by atoms with Gasteiger partial charge in [-0.2, -0.15) is 9.98 Å². The highest BCUT2D eigenvalue weighted by molar-refractivity contribution is 7.78. The highest BCUT2D eigenvalue weighted by Gasteiger charge is 2.03. The zero-order valence-corrected chi connectivity index (χ0v) is 7.63. The minimum Gasteiger partial charge on any atom is -0.439 e. The second-order valence-electron chi connectivity index (χ2n) is 2.43. The molecule has 0 aromatic carbocycles. The number of rotatable bonds is 1. The minimum atomic E-state index is 0.496. The Balaban J connectivity index is 2.67. The van der Waals surface area contributed by atoms with E-state index in [1.54, 1.807) is 19.1 Å². The summed E-state index contributed by atoms with van der Waals surface area (Å²) >= 11 is 4.46. The van der Waals surface area contributed by atoms with Crippen LogP contribution in [0.3, 0.4) is 0 Å². The second kappa shape index (κ2) is 3.05. The lowest BCUT2D eigenvalue weighted by molar-refractivity contribution is 0.561. The number of hydrogen-bond acceptors (Lipinski definition) is 5. The summed E-state index contributed by atoms with van der Waals surface area (Å²) in [6.07, 6.45) is 0. The smallest absolute Gasteiger partial charge is 0.200 e. The molecule has 0 radical (unpaired) electrons. The van der Waals surface area contributed by atoms with Gasteiger partial charge >= 0.3 is 0 Å². The van der Waals surface area contributed by atoms with Crippen molar-refractivity contribution >= 4 is 34.4 Å². The monoisotopic (exact) mass is 191 g/mol. The molecule has 2 rings (SSSR count). The maximum atomic E-state index is 5.24. The molecule has 2 heterocycles. The van der Waals surface area contributed by atoms with E-state index in [9.17, 15) is 0 Å². The van der Waals surface area contributed by atoms with E-state index in [0.717, 1.165) is 0 Å². The maximum absolute atomic E-state index is 5.24. The van der Waals surface area contributed by atoms with Gasteiger partial charge in [0.25, 0.3) is 0 Å².